The molecule has 3 nitrogen and oxygen atoms in total. The standard InChI is InChI=1S/C15H21NO2/c1-8-5-9(2)11(4)14(10(8)3)16-7-12-6-13(12)15(17)18/h5,12-13,16H,6-7H2,1-4H3,(H,17,18). The third-order valence-electron chi connectivity index (χ3n) is 4.15. The number of carbonyl (C=O) groups is 1. The van der Waals surface area contributed by atoms with Gasteiger partial charge >= 0.3 is 5.97 Å². The van der Waals surface area contributed by atoms with Gasteiger partial charge in [-0.05, 0) is 62.3 Å². The van der Waals surface area contributed by atoms with Crippen LogP contribution in [-0.4, -0.2) is 17.6 Å². The second-order valence-corrected chi connectivity index (χ2v) is 5.46. The number of rotatable bonds is 4. The number of carboxylic acid groups (broad SMARTS) is 1. The number of carboxylic acids is 1. The van der Waals surface area contributed by atoms with Gasteiger partial charge in [-0.3, -0.25) is 4.79 Å². The first-order valence-corrected chi connectivity index (χ1v) is 6.46. The zero-order valence-corrected chi connectivity index (χ0v) is 11.5. The molecule has 1 aromatic rings. The van der Waals surface area contributed by atoms with E-state index in [9.17, 15) is 4.79 Å². The van der Waals surface area contributed by atoms with Crippen molar-refractivity contribution in [3.63, 3.8) is 0 Å². The van der Waals surface area contributed by atoms with Crippen LogP contribution in [0.15, 0.2) is 6.07 Å². The highest BCUT2D eigenvalue weighted by molar-refractivity contribution is 5.73. The molecule has 2 rings (SSSR count). The smallest absolute Gasteiger partial charge is 0.306 e. The lowest BCUT2D eigenvalue weighted by molar-refractivity contribution is -0.138. The van der Waals surface area contributed by atoms with Gasteiger partial charge in [0.15, 0.2) is 0 Å². The van der Waals surface area contributed by atoms with Crippen molar-refractivity contribution in [1.82, 2.24) is 0 Å². The predicted molar refractivity (Wildman–Crippen MR) is 73.1 cm³/mol. The minimum Gasteiger partial charge on any atom is -0.481 e. The molecule has 3 heteroatoms. The van der Waals surface area contributed by atoms with E-state index in [2.05, 4.69) is 39.1 Å². The van der Waals surface area contributed by atoms with Crippen LogP contribution in [0.1, 0.15) is 28.7 Å². The fourth-order valence-electron chi connectivity index (χ4n) is 2.49. The highest BCUT2D eigenvalue weighted by Crippen LogP contribution is 2.39. The summed E-state index contributed by atoms with van der Waals surface area (Å²) in [6.45, 7) is 9.23. The summed E-state index contributed by atoms with van der Waals surface area (Å²) in [5.74, 6) is -0.498. The van der Waals surface area contributed by atoms with E-state index in [0.717, 1.165) is 13.0 Å². The molecule has 0 heterocycles. The van der Waals surface area contributed by atoms with Crippen LogP contribution in [0.4, 0.5) is 5.69 Å². The maximum Gasteiger partial charge on any atom is 0.306 e. The average molecular weight is 247 g/mol. The van der Waals surface area contributed by atoms with Crippen LogP contribution in [-0.2, 0) is 4.79 Å². The van der Waals surface area contributed by atoms with Gasteiger partial charge in [0.2, 0.25) is 0 Å². The fraction of sp³-hybridized carbons (Fsp3) is 0.533. The lowest BCUT2D eigenvalue weighted by atomic mass is 9.98. The molecule has 1 aromatic carbocycles. The first-order valence-electron chi connectivity index (χ1n) is 6.46. The summed E-state index contributed by atoms with van der Waals surface area (Å²) in [7, 11) is 0. The molecule has 2 unspecified atom stereocenters. The van der Waals surface area contributed by atoms with E-state index in [-0.39, 0.29) is 5.92 Å². The van der Waals surface area contributed by atoms with Gasteiger partial charge in [-0.25, -0.2) is 0 Å². The topological polar surface area (TPSA) is 49.3 Å². The van der Waals surface area contributed by atoms with Gasteiger partial charge in [-0.2, -0.15) is 0 Å². The molecule has 1 saturated carbocycles. The first kappa shape index (κ1) is 12.9. The molecular formula is C15H21NO2. The Bertz CT molecular complexity index is 468. The largest absolute Gasteiger partial charge is 0.481 e. The van der Waals surface area contributed by atoms with E-state index >= 15 is 0 Å². The van der Waals surface area contributed by atoms with Crippen molar-refractivity contribution < 1.29 is 9.90 Å². The quantitative estimate of drug-likeness (QED) is 0.859. The highest BCUT2D eigenvalue weighted by atomic mass is 16.4. The Kier molecular flexibility index (Phi) is 3.33. The lowest BCUT2D eigenvalue weighted by Gasteiger charge is -2.17. The predicted octanol–water partition coefficient (Wildman–Crippen LogP) is 3.05. The number of benzene rings is 1. The summed E-state index contributed by atoms with van der Waals surface area (Å²) in [5, 5.41) is 12.3. The van der Waals surface area contributed by atoms with Crippen molar-refractivity contribution in [2.24, 2.45) is 11.8 Å². The summed E-state index contributed by atoms with van der Waals surface area (Å²) in [6, 6.07) is 2.20. The number of aliphatic carboxylic acids is 1. The lowest BCUT2D eigenvalue weighted by Crippen LogP contribution is -2.11. The fourth-order valence-corrected chi connectivity index (χ4v) is 2.49. The van der Waals surface area contributed by atoms with Crippen LogP contribution >= 0.6 is 0 Å². The monoisotopic (exact) mass is 247 g/mol. The summed E-state index contributed by atoms with van der Waals surface area (Å²) >= 11 is 0. The normalized spacial score (nSPS) is 21.8. The molecular weight excluding hydrogens is 226 g/mol. The Morgan fingerprint density at radius 1 is 1.28 bits per heavy atom. The SMILES string of the molecule is Cc1cc(C)c(C)c(NCC2CC2C(=O)O)c1C. The maximum absolute atomic E-state index is 10.8. The van der Waals surface area contributed by atoms with Crippen molar-refractivity contribution in [3.05, 3.63) is 28.3 Å². The van der Waals surface area contributed by atoms with E-state index in [1.165, 1.54) is 27.9 Å². The molecule has 2 N–H and O–H groups in total. The van der Waals surface area contributed by atoms with Gasteiger partial charge in [-0.15, -0.1) is 0 Å². The molecule has 0 radical (unpaired) electrons. The second kappa shape index (κ2) is 4.63. The van der Waals surface area contributed by atoms with Gasteiger partial charge in [-0.1, -0.05) is 6.07 Å². The van der Waals surface area contributed by atoms with E-state index in [1.807, 2.05) is 0 Å². The highest BCUT2D eigenvalue weighted by Gasteiger charge is 2.42. The first-order chi connectivity index (χ1) is 8.41. The Morgan fingerprint density at radius 3 is 2.28 bits per heavy atom. The molecule has 1 aliphatic carbocycles. The Morgan fingerprint density at radius 2 is 1.83 bits per heavy atom. The van der Waals surface area contributed by atoms with Crippen LogP contribution in [0.25, 0.3) is 0 Å². The summed E-state index contributed by atoms with van der Waals surface area (Å²) in [6.07, 6.45) is 0.811. The van der Waals surface area contributed by atoms with E-state index in [1.54, 1.807) is 0 Å². The Balaban J connectivity index is 2.08. The van der Waals surface area contributed by atoms with Crippen molar-refractivity contribution in [2.45, 2.75) is 34.1 Å². The second-order valence-electron chi connectivity index (χ2n) is 5.46. The Labute approximate surface area is 108 Å². The van der Waals surface area contributed by atoms with Crippen molar-refractivity contribution in [2.75, 3.05) is 11.9 Å². The number of hydrogen-bond donors (Lipinski definition) is 2. The number of nitrogens with one attached hydrogen (secondary N) is 1. The molecule has 0 amide bonds. The van der Waals surface area contributed by atoms with Crippen LogP contribution in [0.5, 0.6) is 0 Å². The zero-order chi connectivity index (χ0) is 13.4. The van der Waals surface area contributed by atoms with E-state index in [4.69, 9.17) is 5.11 Å². The van der Waals surface area contributed by atoms with Gasteiger partial charge in [0.05, 0.1) is 5.92 Å². The van der Waals surface area contributed by atoms with Crippen molar-refractivity contribution >= 4 is 11.7 Å². The van der Waals surface area contributed by atoms with Crippen LogP contribution in [0, 0.1) is 39.5 Å². The number of aryl methyl sites for hydroxylation is 2. The van der Waals surface area contributed by atoms with Crippen LogP contribution < -0.4 is 5.32 Å². The maximum atomic E-state index is 10.8. The third-order valence-corrected chi connectivity index (χ3v) is 4.15. The zero-order valence-electron chi connectivity index (χ0n) is 11.5. The molecule has 1 aliphatic rings. The molecule has 98 valence electrons. The van der Waals surface area contributed by atoms with Gasteiger partial charge in [0.25, 0.3) is 0 Å². The minimum atomic E-state index is -0.657. The van der Waals surface area contributed by atoms with Gasteiger partial charge < -0.3 is 10.4 Å². The summed E-state index contributed by atoms with van der Waals surface area (Å²) in [4.78, 5) is 10.8. The number of anilines is 1. The molecule has 0 bridgehead atoms. The van der Waals surface area contributed by atoms with E-state index < -0.39 is 5.97 Å². The van der Waals surface area contributed by atoms with Gasteiger partial charge in [0, 0.05) is 12.2 Å². The van der Waals surface area contributed by atoms with Crippen LogP contribution in [0.2, 0.25) is 0 Å². The third kappa shape index (κ3) is 2.35. The molecule has 2 atom stereocenters. The molecule has 0 aliphatic heterocycles. The molecule has 0 saturated heterocycles. The average Bonchev–Trinajstić information content (AvgIpc) is 3.06. The van der Waals surface area contributed by atoms with Crippen molar-refractivity contribution in [3.8, 4) is 0 Å². The molecule has 0 aromatic heterocycles. The van der Waals surface area contributed by atoms with Gasteiger partial charge in [0.1, 0.15) is 0 Å². The summed E-state index contributed by atoms with van der Waals surface area (Å²) < 4.78 is 0. The number of hydrogen-bond acceptors (Lipinski definition) is 2. The molecule has 0 spiro atoms. The molecule has 1 fully saturated rings. The van der Waals surface area contributed by atoms with Crippen LogP contribution in [0.3, 0.4) is 0 Å². The Hall–Kier alpha value is -1.51. The summed E-state index contributed by atoms with van der Waals surface area (Å²) in [5.41, 5.74) is 6.29. The van der Waals surface area contributed by atoms with Crippen molar-refractivity contribution in [1.29, 1.82) is 0 Å². The molecule has 18 heavy (non-hydrogen) atoms. The minimum absolute atomic E-state index is 0.135. The van der Waals surface area contributed by atoms with E-state index in [0.29, 0.717) is 5.92 Å².